The van der Waals surface area contributed by atoms with Gasteiger partial charge in [0.2, 0.25) is 5.95 Å². The van der Waals surface area contributed by atoms with Crippen LogP contribution in [-0.2, 0) is 6.54 Å². The molecule has 2 heterocycles. The summed E-state index contributed by atoms with van der Waals surface area (Å²) in [6.07, 6.45) is 3.90. The highest BCUT2D eigenvalue weighted by atomic mass is 35.5. The minimum absolute atomic E-state index is 0.429. The van der Waals surface area contributed by atoms with Crippen molar-refractivity contribution in [3.05, 3.63) is 12.4 Å². The van der Waals surface area contributed by atoms with E-state index in [-0.39, 0.29) is 0 Å². The summed E-state index contributed by atoms with van der Waals surface area (Å²) in [5, 5.41) is 0. The predicted molar refractivity (Wildman–Crippen MR) is 67.1 cm³/mol. The summed E-state index contributed by atoms with van der Waals surface area (Å²) < 4.78 is 2.18. The minimum Gasteiger partial charge on any atom is -0.336 e. The van der Waals surface area contributed by atoms with E-state index in [9.17, 15) is 0 Å². The molecule has 1 unspecified atom stereocenters. The van der Waals surface area contributed by atoms with Gasteiger partial charge in [-0.15, -0.1) is 11.6 Å². The van der Waals surface area contributed by atoms with Crippen molar-refractivity contribution in [2.24, 2.45) is 0 Å². The van der Waals surface area contributed by atoms with Gasteiger partial charge >= 0.3 is 0 Å². The third-order valence-corrected chi connectivity index (χ3v) is 4.14. The molecule has 1 aliphatic rings. The smallest absolute Gasteiger partial charge is 0.205 e. The van der Waals surface area contributed by atoms with Crippen molar-refractivity contribution in [3.63, 3.8) is 0 Å². The number of hydrogen-bond donors (Lipinski definition) is 0. The first-order valence-corrected chi connectivity index (χ1v) is 6.97. The van der Waals surface area contributed by atoms with E-state index in [1.165, 1.54) is 5.75 Å². The lowest BCUT2D eigenvalue weighted by atomic mass is 10.3. The number of anilines is 1. The fraction of sp³-hybridized carbons (Fsp3) is 0.700. The van der Waals surface area contributed by atoms with Crippen LogP contribution in [0.3, 0.4) is 0 Å². The zero-order valence-electron chi connectivity index (χ0n) is 8.90. The van der Waals surface area contributed by atoms with Gasteiger partial charge in [-0.25, -0.2) is 4.98 Å². The molecule has 0 amide bonds. The molecule has 1 saturated heterocycles. The summed E-state index contributed by atoms with van der Waals surface area (Å²) >= 11 is 7.97. The topological polar surface area (TPSA) is 21.1 Å². The Kier molecular flexibility index (Phi) is 3.81. The van der Waals surface area contributed by atoms with Gasteiger partial charge in [-0.3, -0.25) is 0 Å². The van der Waals surface area contributed by atoms with E-state index in [0.717, 1.165) is 24.8 Å². The van der Waals surface area contributed by atoms with Crippen LogP contribution in [0.4, 0.5) is 5.95 Å². The van der Waals surface area contributed by atoms with Crippen molar-refractivity contribution < 1.29 is 0 Å². The van der Waals surface area contributed by atoms with Gasteiger partial charge < -0.3 is 9.47 Å². The van der Waals surface area contributed by atoms with Gasteiger partial charge in [0.15, 0.2) is 0 Å². The Balaban J connectivity index is 2.20. The SMILES string of the molecule is CCn1ccnc1N1CCSCC1CCl. The number of thioether (sulfide) groups is 1. The summed E-state index contributed by atoms with van der Waals surface area (Å²) in [4.78, 5) is 6.77. The maximum atomic E-state index is 6.00. The lowest BCUT2D eigenvalue weighted by molar-refractivity contribution is 0.643. The van der Waals surface area contributed by atoms with Gasteiger partial charge in [0.05, 0.1) is 6.04 Å². The number of nitrogens with zero attached hydrogens (tertiary/aromatic N) is 3. The Bertz CT molecular complexity index is 315. The Morgan fingerprint density at radius 3 is 3.27 bits per heavy atom. The fourth-order valence-electron chi connectivity index (χ4n) is 1.85. The number of alkyl halides is 1. The molecule has 15 heavy (non-hydrogen) atoms. The Morgan fingerprint density at radius 1 is 1.67 bits per heavy atom. The molecular formula is C10H16ClN3S. The third kappa shape index (κ3) is 2.26. The van der Waals surface area contributed by atoms with Crippen LogP contribution < -0.4 is 4.90 Å². The maximum absolute atomic E-state index is 6.00. The van der Waals surface area contributed by atoms with Crippen molar-refractivity contribution in [3.8, 4) is 0 Å². The molecule has 0 aliphatic carbocycles. The average molecular weight is 246 g/mol. The molecule has 1 atom stereocenters. The number of halogens is 1. The molecule has 0 bridgehead atoms. The van der Waals surface area contributed by atoms with E-state index in [2.05, 4.69) is 21.4 Å². The first kappa shape index (κ1) is 11.1. The molecule has 5 heteroatoms. The fourth-order valence-corrected chi connectivity index (χ4v) is 3.32. The summed E-state index contributed by atoms with van der Waals surface area (Å²) in [6.45, 7) is 4.16. The van der Waals surface area contributed by atoms with Crippen molar-refractivity contribution >= 4 is 29.3 Å². The van der Waals surface area contributed by atoms with Crippen LogP contribution in [0.25, 0.3) is 0 Å². The van der Waals surface area contributed by atoms with Gasteiger partial charge in [0, 0.05) is 42.9 Å². The summed E-state index contributed by atoms with van der Waals surface area (Å²) in [7, 11) is 0. The third-order valence-electron chi connectivity index (χ3n) is 2.70. The quantitative estimate of drug-likeness (QED) is 0.761. The monoisotopic (exact) mass is 245 g/mol. The van der Waals surface area contributed by atoms with Crippen LogP contribution in [-0.4, -0.2) is 39.5 Å². The summed E-state index contributed by atoms with van der Waals surface area (Å²) in [6, 6.07) is 0.429. The number of hydrogen-bond acceptors (Lipinski definition) is 3. The van der Waals surface area contributed by atoms with E-state index in [1.807, 2.05) is 24.2 Å². The van der Waals surface area contributed by atoms with Gasteiger partial charge in [-0.05, 0) is 6.92 Å². The van der Waals surface area contributed by atoms with Crippen molar-refractivity contribution in [1.82, 2.24) is 9.55 Å². The van der Waals surface area contributed by atoms with Crippen LogP contribution in [0.5, 0.6) is 0 Å². The molecule has 0 saturated carbocycles. The zero-order valence-corrected chi connectivity index (χ0v) is 10.5. The summed E-state index contributed by atoms with van der Waals surface area (Å²) in [5.74, 6) is 4.04. The molecule has 0 aromatic carbocycles. The van der Waals surface area contributed by atoms with Crippen LogP contribution in [0.1, 0.15) is 6.92 Å². The highest BCUT2D eigenvalue weighted by Gasteiger charge is 2.24. The number of aryl methyl sites for hydroxylation is 1. The van der Waals surface area contributed by atoms with Gasteiger partial charge in [0.25, 0.3) is 0 Å². The van der Waals surface area contributed by atoms with Crippen molar-refractivity contribution in [2.45, 2.75) is 19.5 Å². The van der Waals surface area contributed by atoms with Crippen LogP contribution >= 0.6 is 23.4 Å². The molecule has 1 fully saturated rings. The molecule has 84 valence electrons. The highest BCUT2D eigenvalue weighted by Crippen LogP contribution is 2.23. The minimum atomic E-state index is 0.429. The molecule has 0 spiro atoms. The number of imidazole rings is 1. The average Bonchev–Trinajstić information content (AvgIpc) is 2.76. The number of rotatable bonds is 3. The Labute approximate surface area is 99.8 Å². The zero-order chi connectivity index (χ0) is 10.7. The molecule has 0 N–H and O–H groups in total. The Hall–Kier alpha value is -0.350. The second-order valence-corrected chi connectivity index (χ2v) is 5.05. The van der Waals surface area contributed by atoms with E-state index in [1.54, 1.807) is 0 Å². The summed E-state index contributed by atoms with van der Waals surface area (Å²) in [5.41, 5.74) is 0. The van der Waals surface area contributed by atoms with Gasteiger partial charge in [0.1, 0.15) is 0 Å². The van der Waals surface area contributed by atoms with E-state index in [4.69, 9.17) is 11.6 Å². The molecule has 2 rings (SSSR count). The normalized spacial score (nSPS) is 22.0. The van der Waals surface area contributed by atoms with E-state index >= 15 is 0 Å². The molecule has 1 aromatic rings. The second-order valence-electron chi connectivity index (χ2n) is 3.59. The molecule has 1 aliphatic heterocycles. The molecular weight excluding hydrogens is 230 g/mol. The predicted octanol–water partition coefficient (Wildman–Crippen LogP) is 2.06. The molecule has 3 nitrogen and oxygen atoms in total. The lowest BCUT2D eigenvalue weighted by Crippen LogP contribution is -2.45. The maximum Gasteiger partial charge on any atom is 0.205 e. The van der Waals surface area contributed by atoms with Gasteiger partial charge in [-0.2, -0.15) is 11.8 Å². The van der Waals surface area contributed by atoms with E-state index in [0.29, 0.717) is 11.9 Å². The standard InChI is InChI=1S/C10H16ClN3S/c1-2-13-4-3-12-10(13)14-5-6-15-8-9(14)7-11/h3-4,9H,2,5-8H2,1H3. The second kappa shape index (κ2) is 5.12. The first-order valence-electron chi connectivity index (χ1n) is 5.28. The highest BCUT2D eigenvalue weighted by molar-refractivity contribution is 7.99. The van der Waals surface area contributed by atoms with Crippen molar-refractivity contribution in [2.75, 3.05) is 28.8 Å². The van der Waals surface area contributed by atoms with Crippen LogP contribution in [0, 0.1) is 0 Å². The largest absolute Gasteiger partial charge is 0.336 e. The van der Waals surface area contributed by atoms with Crippen LogP contribution in [0.2, 0.25) is 0 Å². The number of aromatic nitrogens is 2. The molecule has 0 radical (unpaired) electrons. The first-order chi connectivity index (χ1) is 7.36. The molecule has 1 aromatic heterocycles. The van der Waals surface area contributed by atoms with Gasteiger partial charge in [-0.1, -0.05) is 0 Å². The van der Waals surface area contributed by atoms with E-state index < -0.39 is 0 Å². The Morgan fingerprint density at radius 2 is 2.53 bits per heavy atom. The van der Waals surface area contributed by atoms with Crippen LogP contribution in [0.15, 0.2) is 12.4 Å². The lowest BCUT2D eigenvalue weighted by Gasteiger charge is -2.35. The van der Waals surface area contributed by atoms with Crippen molar-refractivity contribution in [1.29, 1.82) is 0 Å².